The monoisotopic (exact) mass is 277 g/mol. The number of likely N-dealkylation sites (N-methyl/N-ethyl adjacent to an activating group) is 1. The average molecular weight is 277 g/mol. The van der Waals surface area contributed by atoms with E-state index in [9.17, 15) is 0 Å². The van der Waals surface area contributed by atoms with E-state index in [1.807, 2.05) is 11.6 Å². The number of aliphatic imine (C=N–C) groups is 1. The Labute approximate surface area is 117 Å². The van der Waals surface area contributed by atoms with E-state index in [-0.39, 0.29) is 5.54 Å². The Morgan fingerprint density at radius 3 is 2.89 bits per heavy atom. The maximum Gasteiger partial charge on any atom is 0.200 e. The van der Waals surface area contributed by atoms with E-state index in [0.29, 0.717) is 0 Å². The van der Waals surface area contributed by atoms with Crippen LogP contribution in [0.1, 0.15) is 12.8 Å². The first-order valence-electron chi connectivity index (χ1n) is 6.95. The highest BCUT2D eigenvalue weighted by Gasteiger charge is 2.52. The number of guanidine groups is 1. The molecule has 2 bridgehead atoms. The van der Waals surface area contributed by atoms with Crippen LogP contribution in [-0.2, 0) is 0 Å². The Bertz CT molecular complexity index is 491. The van der Waals surface area contributed by atoms with Gasteiger partial charge in [-0.05, 0) is 31.8 Å². The van der Waals surface area contributed by atoms with Gasteiger partial charge in [-0.2, -0.15) is 0 Å². The molecule has 4 aliphatic rings. The molecule has 1 N–H and O–H groups in total. The summed E-state index contributed by atoms with van der Waals surface area (Å²) < 4.78 is 0. The maximum absolute atomic E-state index is 4.76. The van der Waals surface area contributed by atoms with E-state index in [1.54, 1.807) is 11.3 Å². The predicted molar refractivity (Wildman–Crippen MR) is 77.7 cm³/mol. The van der Waals surface area contributed by atoms with Gasteiger partial charge in [0.05, 0.1) is 12.1 Å². The van der Waals surface area contributed by atoms with Gasteiger partial charge in [0.1, 0.15) is 0 Å². The molecule has 0 amide bonds. The number of piperidine rings is 3. The van der Waals surface area contributed by atoms with Crippen molar-refractivity contribution in [1.29, 1.82) is 0 Å². The molecule has 3 fully saturated rings. The molecule has 102 valence electrons. The van der Waals surface area contributed by atoms with Crippen LogP contribution in [0.2, 0.25) is 0 Å². The van der Waals surface area contributed by atoms with E-state index in [2.05, 4.69) is 27.1 Å². The van der Waals surface area contributed by atoms with Gasteiger partial charge in [-0.15, -0.1) is 11.3 Å². The largest absolute Gasteiger partial charge is 0.337 e. The van der Waals surface area contributed by atoms with Crippen molar-refractivity contribution < 1.29 is 0 Å². The first-order valence-corrected chi connectivity index (χ1v) is 7.83. The summed E-state index contributed by atoms with van der Waals surface area (Å²) in [6.07, 6.45) is 4.47. The lowest BCUT2D eigenvalue weighted by molar-refractivity contribution is -0.0199. The lowest BCUT2D eigenvalue weighted by atomic mass is 9.72. The molecular formula is C13H19N5S. The quantitative estimate of drug-likeness (QED) is 0.841. The summed E-state index contributed by atoms with van der Waals surface area (Å²) in [7, 11) is 2.19. The van der Waals surface area contributed by atoms with Gasteiger partial charge in [0.2, 0.25) is 5.96 Å². The zero-order valence-electron chi connectivity index (χ0n) is 11.2. The van der Waals surface area contributed by atoms with E-state index in [4.69, 9.17) is 4.99 Å². The summed E-state index contributed by atoms with van der Waals surface area (Å²) in [5, 5.41) is 6.29. The predicted octanol–water partition coefficient (Wildman–Crippen LogP) is 1.32. The third kappa shape index (κ3) is 1.70. The standard InChI is InChI=1S/C13H19N5S/c1-17-11(16-12-14-4-7-19-12)15-8-13(17)9-18-5-2-10(13)3-6-18/h4,7,10H,2-3,5-6,8-9H2,1H3,(H,14,15,16). The second-order valence-corrected chi connectivity index (χ2v) is 6.71. The minimum absolute atomic E-state index is 0.232. The number of hydrogen-bond donors (Lipinski definition) is 1. The van der Waals surface area contributed by atoms with Gasteiger partial charge in [0.15, 0.2) is 5.13 Å². The van der Waals surface area contributed by atoms with Crippen molar-refractivity contribution >= 4 is 22.4 Å². The van der Waals surface area contributed by atoms with Gasteiger partial charge in [-0.3, -0.25) is 4.99 Å². The van der Waals surface area contributed by atoms with Crippen LogP contribution >= 0.6 is 11.3 Å². The van der Waals surface area contributed by atoms with Crippen LogP contribution in [-0.4, -0.2) is 59.5 Å². The third-order valence-corrected chi connectivity index (χ3v) is 5.67. The van der Waals surface area contributed by atoms with E-state index >= 15 is 0 Å². The summed E-state index contributed by atoms with van der Waals surface area (Å²) >= 11 is 1.62. The normalized spacial score (nSPS) is 36.9. The van der Waals surface area contributed by atoms with Crippen LogP contribution in [0, 0.1) is 5.92 Å². The number of nitrogens with one attached hydrogen (secondary N) is 1. The van der Waals surface area contributed by atoms with Crippen molar-refractivity contribution in [1.82, 2.24) is 14.8 Å². The highest BCUT2D eigenvalue weighted by molar-refractivity contribution is 7.13. The van der Waals surface area contributed by atoms with Crippen LogP contribution in [0.3, 0.4) is 0 Å². The summed E-state index contributed by atoms with van der Waals surface area (Å²) in [6, 6.07) is 0. The molecular weight excluding hydrogens is 258 g/mol. The molecule has 4 aliphatic heterocycles. The van der Waals surface area contributed by atoms with Crippen molar-refractivity contribution in [3.8, 4) is 0 Å². The highest BCUT2D eigenvalue weighted by Crippen LogP contribution is 2.41. The third-order valence-electron chi connectivity index (χ3n) is 4.98. The molecule has 1 aromatic heterocycles. The molecule has 0 radical (unpaired) electrons. The van der Waals surface area contributed by atoms with Crippen molar-refractivity contribution in [2.75, 3.05) is 38.5 Å². The Kier molecular flexibility index (Phi) is 2.57. The fourth-order valence-electron chi connectivity index (χ4n) is 3.84. The Balaban J connectivity index is 1.55. The molecule has 1 spiro atoms. The number of aromatic nitrogens is 1. The van der Waals surface area contributed by atoms with E-state index in [0.717, 1.165) is 23.6 Å². The second-order valence-electron chi connectivity index (χ2n) is 5.82. The molecule has 1 aromatic rings. The molecule has 6 heteroatoms. The maximum atomic E-state index is 4.76. The molecule has 0 aromatic carbocycles. The van der Waals surface area contributed by atoms with Gasteiger partial charge in [-0.1, -0.05) is 0 Å². The zero-order valence-corrected chi connectivity index (χ0v) is 12.0. The summed E-state index contributed by atoms with van der Waals surface area (Å²) in [4.78, 5) is 14.0. The molecule has 19 heavy (non-hydrogen) atoms. The zero-order chi connectivity index (χ0) is 12.9. The lowest BCUT2D eigenvalue weighted by Gasteiger charge is -2.54. The second kappa shape index (κ2) is 4.18. The number of hydrogen-bond acceptors (Lipinski definition) is 6. The minimum atomic E-state index is 0.232. The molecule has 5 heterocycles. The van der Waals surface area contributed by atoms with Crippen LogP contribution in [0.15, 0.2) is 16.6 Å². The fourth-order valence-corrected chi connectivity index (χ4v) is 4.37. The Morgan fingerprint density at radius 2 is 2.26 bits per heavy atom. The molecule has 0 aliphatic carbocycles. The Hall–Kier alpha value is -1.14. The first-order chi connectivity index (χ1) is 9.28. The lowest BCUT2D eigenvalue weighted by Crippen LogP contribution is -2.66. The smallest absolute Gasteiger partial charge is 0.200 e. The molecule has 0 saturated carbocycles. The van der Waals surface area contributed by atoms with Gasteiger partial charge in [0.25, 0.3) is 0 Å². The SMILES string of the molecule is CN1C(Nc2nccs2)=NCC12CN1CCC2CC1. The van der Waals surface area contributed by atoms with E-state index in [1.165, 1.54) is 32.5 Å². The number of fused-ring (bicyclic) bond motifs is 2. The average Bonchev–Trinajstić information content (AvgIpc) is 3.05. The van der Waals surface area contributed by atoms with Gasteiger partial charge >= 0.3 is 0 Å². The van der Waals surface area contributed by atoms with Gasteiger partial charge in [-0.25, -0.2) is 4.98 Å². The highest BCUT2D eigenvalue weighted by atomic mass is 32.1. The van der Waals surface area contributed by atoms with Crippen molar-refractivity contribution in [3.63, 3.8) is 0 Å². The van der Waals surface area contributed by atoms with Crippen LogP contribution in [0.4, 0.5) is 5.13 Å². The van der Waals surface area contributed by atoms with Gasteiger partial charge < -0.3 is 15.1 Å². The first kappa shape index (κ1) is 11.7. The van der Waals surface area contributed by atoms with Crippen molar-refractivity contribution in [3.05, 3.63) is 11.6 Å². The Morgan fingerprint density at radius 1 is 1.42 bits per heavy atom. The van der Waals surface area contributed by atoms with Crippen molar-refractivity contribution in [2.24, 2.45) is 10.9 Å². The summed E-state index contributed by atoms with van der Waals surface area (Å²) in [5.74, 6) is 1.78. The van der Waals surface area contributed by atoms with E-state index < -0.39 is 0 Å². The van der Waals surface area contributed by atoms with Crippen LogP contribution < -0.4 is 5.32 Å². The summed E-state index contributed by atoms with van der Waals surface area (Å²) in [5.41, 5.74) is 0.232. The fraction of sp³-hybridized carbons (Fsp3) is 0.692. The molecule has 1 atom stereocenters. The van der Waals surface area contributed by atoms with Crippen molar-refractivity contribution in [2.45, 2.75) is 18.4 Å². The number of rotatable bonds is 1. The molecule has 5 rings (SSSR count). The molecule has 5 nitrogen and oxygen atoms in total. The van der Waals surface area contributed by atoms with Crippen LogP contribution in [0.5, 0.6) is 0 Å². The number of nitrogens with zero attached hydrogens (tertiary/aromatic N) is 4. The van der Waals surface area contributed by atoms with Gasteiger partial charge in [0, 0.05) is 25.2 Å². The molecule has 1 unspecified atom stereocenters. The number of thiazole rings is 1. The summed E-state index contributed by atoms with van der Waals surface area (Å²) in [6.45, 7) is 4.64. The minimum Gasteiger partial charge on any atom is -0.337 e. The van der Waals surface area contributed by atoms with Crippen LogP contribution in [0.25, 0.3) is 0 Å². The topological polar surface area (TPSA) is 43.8 Å². The molecule has 3 saturated heterocycles. The number of anilines is 1.